The molecule has 1 N–H and O–H groups in total. The number of likely N-dealkylation sites (tertiary alicyclic amines) is 1. The number of hydrogen-bond donors (Lipinski definition) is 1. The van der Waals surface area contributed by atoms with E-state index < -0.39 is 11.4 Å². The van der Waals surface area contributed by atoms with Crippen LogP contribution in [-0.4, -0.2) is 27.9 Å². The van der Waals surface area contributed by atoms with E-state index in [9.17, 15) is 14.7 Å². The Kier molecular flexibility index (Phi) is 3.11. The number of aliphatic carboxylic acids is 1. The van der Waals surface area contributed by atoms with E-state index in [-0.39, 0.29) is 11.9 Å². The normalized spacial score (nSPS) is 32.1. The van der Waals surface area contributed by atoms with Crippen molar-refractivity contribution in [1.29, 1.82) is 0 Å². The number of amides is 1. The van der Waals surface area contributed by atoms with Crippen LogP contribution in [0.15, 0.2) is 11.8 Å². The maximum absolute atomic E-state index is 12.3. The molecule has 0 unspecified atom stereocenters. The quantitative estimate of drug-likeness (QED) is 0.833. The lowest BCUT2D eigenvalue weighted by molar-refractivity contribution is -0.154. The lowest BCUT2D eigenvalue weighted by Crippen LogP contribution is -2.52. The van der Waals surface area contributed by atoms with Crippen molar-refractivity contribution in [2.24, 2.45) is 5.41 Å². The number of carbonyl (C=O) groups is 2. The summed E-state index contributed by atoms with van der Waals surface area (Å²) in [4.78, 5) is 26.0. The Balaban J connectivity index is 1.99. The van der Waals surface area contributed by atoms with E-state index in [1.807, 2.05) is 11.0 Å². The van der Waals surface area contributed by atoms with E-state index in [2.05, 4.69) is 0 Å². The average molecular weight is 263 g/mol. The highest BCUT2D eigenvalue weighted by molar-refractivity contribution is 5.87. The molecular weight excluding hydrogens is 242 g/mol. The molecule has 0 bridgehead atoms. The monoisotopic (exact) mass is 263 g/mol. The van der Waals surface area contributed by atoms with E-state index in [0.29, 0.717) is 19.3 Å². The van der Waals surface area contributed by atoms with Gasteiger partial charge in [0.2, 0.25) is 5.91 Å². The van der Waals surface area contributed by atoms with Crippen molar-refractivity contribution in [1.82, 2.24) is 4.90 Å². The van der Waals surface area contributed by atoms with Crippen molar-refractivity contribution < 1.29 is 14.7 Å². The first kappa shape index (κ1) is 12.7. The van der Waals surface area contributed by atoms with E-state index in [4.69, 9.17) is 0 Å². The molecule has 104 valence electrons. The first-order valence-electron chi connectivity index (χ1n) is 7.41. The maximum Gasteiger partial charge on any atom is 0.315 e. The van der Waals surface area contributed by atoms with Gasteiger partial charge in [-0.2, -0.15) is 0 Å². The molecule has 0 radical (unpaired) electrons. The first-order valence-corrected chi connectivity index (χ1v) is 7.41. The number of rotatable bonds is 2. The Bertz CT molecular complexity index is 437. The van der Waals surface area contributed by atoms with Gasteiger partial charge in [-0.3, -0.25) is 9.59 Å². The molecule has 4 nitrogen and oxygen atoms in total. The summed E-state index contributed by atoms with van der Waals surface area (Å²) in [7, 11) is 0. The molecule has 2 fully saturated rings. The van der Waals surface area contributed by atoms with Gasteiger partial charge in [0.25, 0.3) is 0 Å². The zero-order chi connectivity index (χ0) is 13.5. The summed E-state index contributed by atoms with van der Waals surface area (Å²) in [5.41, 5.74) is 0.0313. The number of piperidine rings is 1. The molecule has 1 amide bonds. The van der Waals surface area contributed by atoms with Crippen molar-refractivity contribution in [3.63, 3.8) is 0 Å². The Hall–Kier alpha value is -1.32. The number of fused-ring (bicyclic) bond motifs is 1. The van der Waals surface area contributed by atoms with Gasteiger partial charge in [-0.05, 0) is 38.5 Å². The third-order valence-electron chi connectivity index (χ3n) is 5.03. The molecule has 1 saturated heterocycles. The number of allylic oxidation sites excluding steroid dienone is 1. The fraction of sp³-hybridized carbons (Fsp3) is 0.733. The summed E-state index contributed by atoms with van der Waals surface area (Å²) in [6, 6.07) is 0.246. The SMILES string of the molecule is O=C1CC[C@]2(C(=O)O)CCCC=C2N1C1CCCC1. The Morgan fingerprint density at radius 2 is 2.00 bits per heavy atom. The van der Waals surface area contributed by atoms with Crippen molar-refractivity contribution in [3.8, 4) is 0 Å². The lowest BCUT2D eigenvalue weighted by atomic mass is 9.69. The Labute approximate surface area is 113 Å². The standard InChI is InChI=1S/C15H21NO3/c17-13-8-10-15(14(18)19)9-4-3-7-12(15)16(13)11-5-1-2-6-11/h7,11H,1-6,8-10H2,(H,18,19)/t15-/m1/s1. The molecule has 1 saturated carbocycles. The molecule has 3 rings (SSSR count). The minimum absolute atomic E-state index is 0.136. The molecule has 2 aliphatic carbocycles. The van der Waals surface area contributed by atoms with Crippen LogP contribution in [0.4, 0.5) is 0 Å². The maximum atomic E-state index is 12.3. The second-order valence-corrected chi connectivity index (χ2v) is 6.07. The number of carboxylic acids is 1. The molecule has 1 atom stereocenters. The van der Waals surface area contributed by atoms with Crippen molar-refractivity contribution in [2.45, 2.75) is 63.8 Å². The van der Waals surface area contributed by atoms with E-state index >= 15 is 0 Å². The highest BCUT2D eigenvalue weighted by atomic mass is 16.4. The van der Waals surface area contributed by atoms with Gasteiger partial charge < -0.3 is 10.0 Å². The molecule has 0 spiro atoms. The summed E-state index contributed by atoms with van der Waals surface area (Å²) in [5.74, 6) is -0.606. The van der Waals surface area contributed by atoms with Gasteiger partial charge >= 0.3 is 5.97 Å². The van der Waals surface area contributed by atoms with Gasteiger partial charge in [-0.15, -0.1) is 0 Å². The minimum Gasteiger partial charge on any atom is -0.481 e. The molecule has 3 aliphatic rings. The van der Waals surface area contributed by atoms with Crippen LogP contribution in [0.2, 0.25) is 0 Å². The van der Waals surface area contributed by atoms with Crippen LogP contribution in [0, 0.1) is 5.41 Å². The lowest BCUT2D eigenvalue weighted by Gasteiger charge is -2.46. The van der Waals surface area contributed by atoms with Gasteiger partial charge in [0, 0.05) is 18.2 Å². The van der Waals surface area contributed by atoms with Gasteiger partial charge in [-0.25, -0.2) is 0 Å². The summed E-state index contributed by atoms with van der Waals surface area (Å²) in [6.07, 6.45) is 9.76. The van der Waals surface area contributed by atoms with Crippen molar-refractivity contribution >= 4 is 11.9 Å². The third kappa shape index (κ3) is 1.88. The van der Waals surface area contributed by atoms with Crippen LogP contribution in [-0.2, 0) is 9.59 Å². The van der Waals surface area contributed by atoms with Gasteiger partial charge in [0.15, 0.2) is 0 Å². The molecule has 0 aromatic carbocycles. The summed E-state index contributed by atoms with van der Waals surface area (Å²) in [6.45, 7) is 0. The number of nitrogens with zero attached hydrogens (tertiary/aromatic N) is 1. The second kappa shape index (κ2) is 4.66. The largest absolute Gasteiger partial charge is 0.481 e. The fourth-order valence-corrected chi connectivity index (χ4v) is 4.01. The number of hydrogen-bond acceptors (Lipinski definition) is 2. The number of carboxylic acid groups (broad SMARTS) is 1. The Morgan fingerprint density at radius 1 is 1.26 bits per heavy atom. The highest BCUT2D eigenvalue weighted by Crippen LogP contribution is 2.48. The fourth-order valence-electron chi connectivity index (χ4n) is 4.01. The Morgan fingerprint density at radius 3 is 2.68 bits per heavy atom. The van der Waals surface area contributed by atoms with E-state index in [1.54, 1.807) is 0 Å². The van der Waals surface area contributed by atoms with Crippen LogP contribution in [0.3, 0.4) is 0 Å². The zero-order valence-electron chi connectivity index (χ0n) is 11.2. The molecule has 1 heterocycles. The highest BCUT2D eigenvalue weighted by Gasteiger charge is 2.51. The van der Waals surface area contributed by atoms with Crippen LogP contribution in [0.1, 0.15) is 57.8 Å². The zero-order valence-corrected chi connectivity index (χ0v) is 11.2. The minimum atomic E-state index is -0.783. The summed E-state index contributed by atoms with van der Waals surface area (Å²) >= 11 is 0. The van der Waals surface area contributed by atoms with E-state index in [0.717, 1.165) is 44.2 Å². The smallest absolute Gasteiger partial charge is 0.315 e. The van der Waals surface area contributed by atoms with Gasteiger partial charge in [-0.1, -0.05) is 18.9 Å². The molecular formula is C15H21NO3. The third-order valence-corrected chi connectivity index (χ3v) is 5.03. The predicted molar refractivity (Wildman–Crippen MR) is 70.3 cm³/mol. The van der Waals surface area contributed by atoms with Crippen LogP contribution < -0.4 is 0 Å². The van der Waals surface area contributed by atoms with E-state index in [1.165, 1.54) is 0 Å². The van der Waals surface area contributed by atoms with Crippen LogP contribution >= 0.6 is 0 Å². The molecule has 0 aromatic rings. The molecule has 0 aromatic heterocycles. The topological polar surface area (TPSA) is 57.6 Å². The second-order valence-electron chi connectivity index (χ2n) is 6.07. The predicted octanol–water partition coefficient (Wildman–Crippen LogP) is 2.69. The van der Waals surface area contributed by atoms with Crippen molar-refractivity contribution in [2.75, 3.05) is 0 Å². The van der Waals surface area contributed by atoms with Crippen LogP contribution in [0.25, 0.3) is 0 Å². The first-order chi connectivity index (χ1) is 9.15. The van der Waals surface area contributed by atoms with Gasteiger partial charge in [0.1, 0.15) is 5.41 Å². The van der Waals surface area contributed by atoms with Gasteiger partial charge in [0.05, 0.1) is 0 Å². The van der Waals surface area contributed by atoms with Crippen LogP contribution in [0.5, 0.6) is 0 Å². The summed E-state index contributed by atoms with van der Waals surface area (Å²) in [5, 5.41) is 9.69. The van der Waals surface area contributed by atoms with Crippen molar-refractivity contribution in [3.05, 3.63) is 11.8 Å². The number of carbonyl (C=O) groups excluding carboxylic acids is 1. The molecule has 4 heteroatoms. The average Bonchev–Trinajstić information content (AvgIpc) is 2.92. The molecule has 19 heavy (non-hydrogen) atoms. The summed E-state index contributed by atoms with van der Waals surface area (Å²) < 4.78 is 0. The molecule has 1 aliphatic heterocycles.